The molecule has 0 aromatic rings. The quantitative estimate of drug-likeness (QED) is 0.330. The predicted octanol–water partition coefficient (Wildman–Crippen LogP) is -1.08. The highest BCUT2D eigenvalue weighted by Gasteiger charge is 2.12. The van der Waals surface area contributed by atoms with Gasteiger partial charge in [0.2, 0.25) is 0 Å². The van der Waals surface area contributed by atoms with Gasteiger partial charge < -0.3 is 35.3 Å². The van der Waals surface area contributed by atoms with Gasteiger partial charge in [0.1, 0.15) is 6.04 Å². The fraction of sp³-hybridized carbons (Fsp3) is 0.833. The number of hydrogen-bond acceptors (Lipinski definition) is 7. The lowest BCUT2D eigenvalue weighted by Gasteiger charge is -2.03. The number of aliphatic hydroxyl groups is 1. The second kappa shape index (κ2) is 16.8. The molecule has 0 spiro atoms. The highest BCUT2D eigenvalue weighted by molar-refractivity contribution is 5.74. The number of aliphatic hydroxyl groups excluding tert-OH is 1. The molecule has 5 N–H and O–H groups in total. The van der Waals surface area contributed by atoms with Crippen LogP contribution in [-0.2, 0) is 23.8 Å². The highest BCUT2D eigenvalue weighted by Crippen LogP contribution is 1.93. The van der Waals surface area contributed by atoms with Gasteiger partial charge in [0.05, 0.1) is 39.6 Å². The highest BCUT2D eigenvalue weighted by atomic mass is 16.5. The van der Waals surface area contributed by atoms with Gasteiger partial charge in [0, 0.05) is 13.5 Å². The molecule has 0 heterocycles. The van der Waals surface area contributed by atoms with Gasteiger partial charge in [-0.05, 0) is 6.42 Å². The molecule has 1 atom stereocenters. The van der Waals surface area contributed by atoms with Gasteiger partial charge in [-0.3, -0.25) is 9.59 Å². The molecule has 0 radical (unpaired) electrons. The van der Waals surface area contributed by atoms with E-state index in [1.807, 2.05) is 0 Å². The van der Waals surface area contributed by atoms with Crippen LogP contribution in [0.2, 0.25) is 0 Å². The standard InChI is InChI=1S/C7H16O4.C5H9NO4/c1-9-4-5-11-7-6-10-3-2-8;6-3(5(9)10)1-2-4(7)8/h8H,2-7H2,1H3;3H,1-2,6H2,(H,7,8)(H,9,10). The van der Waals surface area contributed by atoms with E-state index in [9.17, 15) is 9.59 Å². The number of ether oxygens (including phenoxy) is 3. The zero-order chi connectivity index (χ0) is 16.5. The third-order valence-electron chi connectivity index (χ3n) is 2.03. The number of rotatable bonds is 12. The monoisotopic (exact) mass is 311 g/mol. The third-order valence-corrected chi connectivity index (χ3v) is 2.03. The van der Waals surface area contributed by atoms with Gasteiger partial charge in [-0.15, -0.1) is 0 Å². The van der Waals surface area contributed by atoms with E-state index in [0.29, 0.717) is 33.0 Å². The van der Waals surface area contributed by atoms with Crippen LogP contribution in [-0.4, -0.2) is 80.1 Å². The minimum Gasteiger partial charge on any atom is -0.481 e. The van der Waals surface area contributed by atoms with Crippen LogP contribution in [0.4, 0.5) is 0 Å². The molecule has 0 aliphatic rings. The molecule has 0 saturated heterocycles. The van der Waals surface area contributed by atoms with Gasteiger partial charge in [-0.1, -0.05) is 0 Å². The second-order valence-corrected chi connectivity index (χ2v) is 3.82. The number of aliphatic carboxylic acids is 2. The zero-order valence-electron chi connectivity index (χ0n) is 12.2. The number of carboxylic acids is 2. The Balaban J connectivity index is 0. The van der Waals surface area contributed by atoms with Crippen LogP contribution in [0.1, 0.15) is 12.8 Å². The van der Waals surface area contributed by atoms with Crippen molar-refractivity contribution in [3.8, 4) is 0 Å². The van der Waals surface area contributed by atoms with Crippen LogP contribution in [0.25, 0.3) is 0 Å². The number of hydrogen-bond donors (Lipinski definition) is 4. The van der Waals surface area contributed by atoms with Crippen molar-refractivity contribution in [2.45, 2.75) is 18.9 Å². The predicted molar refractivity (Wildman–Crippen MR) is 73.1 cm³/mol. The lowest BCUT2D eigenvalue weighted by atomic mass is 10.2. The normalized spacial score (nSPS) is 11.4. The van der Waals surface area contributed by atoms with E-state index in [0.717, 1.165) is 0 Å². The summed E-state index contributed by atoms with van der Waals surface area (Å²) >= 11 is 0. The van der Waals surface area contributed by atoms with Crippen molar-refractivity contribution in [3.63, 3.8) is 0 Å². The zero-order valence-corrected chi connectivity index (χ0v) is 12.2. The molecule has 9 heteroatoms. The largest absolute Gasteiger partial charge is 0.481 e. The molecule has 0 amide bonds. The molecule has 0 saturated carbocycles. The lowest BCUT2D eigenvalue weighted by Crippen LogP contribution is -2.30. The third kappa shape index (κ3) is 21.2. The van der Waals surface area contributed by atoms with Crippen molar-refractivity contribution in [3.05, 3.63) is 0 Å². The Kier molecular flexibility index (Phi) is 17.6. The fourth-order valence-corrected chi connectivity index (χ4v) is 0.931. The van der Waals surface area contributed by atoms with Crippen LogP contribution in [0.15, 0.2) is 0 Å². The molecule has 0 aliphatic heterocycles. The molecule has 0 bridgehead atoms. The summed E-state index contributed by atoms with van der Waals surface area (Å²) in [4.78, 5) is 19.9. The first-order valence-corrected chi connectivity index (χ1v) is 6.41. The van der Waals surface area contributed by atoms with Gasteiger partial charge in [0.15, 0.2) is 0 Å². The summed E-state index contributed by atoms with van der Waals surface area (Å²) in [5, 5.41) is 24.6. The van der Waals surface area contributed by atoms with Crippen LogP contribution >= 0.6 is 0 Å². The topological polar surface area (TPSA) is 149 Å². The average molecular weight is 311 g/mol. The van der Waals surface area contributed by atoms with Gasteiger partial charge in [-0.2, -0.15) is 0 Å². The van der Waals surface area contributed by atoms with E-state index in [1.165, 1.54) is 0 Å². The van der Waals surface area contributed by atoms with E-state index >= 15 is 0 Å². The maximum absolute atomic E-state index is 9.99. The van der Waals surface area contributed by atoms with E-state index in [2.05, 4.69) is 0 Å². The number of carbonyl (C=O) groups is 2. The van der Waals surface area contributed by atoms with Crippen LogP contribution in [0.5, 0.6) is 0 Å². The Morgan fingerprint density at radius 3 is 2.00 bits per heavy atom. The first-order chi connectivity index (χ1) is 9.95. The molecule has 0 aromatic carbocycles. The average Bonchev–Trinajstić information content (AvgIpc) is 2.44. The molecule has 0 aliphatic carbocycles. The molecule has 21 heavy (non-hydrogen) atoms. The number of carboxylic acid groups (broad SMARTS) is 2. The van der Waals surface area contributed by atoms with E-state index in [1.54, 1.807) is 7.11 Å². The smallest absolute Gasteiger partial charge is 0.320 e. The van der Waals surface area contributed by atoms with Gasteiger partial charge in [-0.25, -0.2) is 0 Å². The van der Waals surface area contributed by atoms with Crippen molar-refractivity contribution >= 4 is 11.9 Å². The Bertz CT molecular complexity index is 254. The van der Waals surface area contributed by atoms with Crippen molar-refractivity contribution < 1.29 is 39.1 Å². The van der Waals surface area contributed by atoms with Crippen molar-refractivity contribution in [1.29, 1.82) is 0 Å². The number of nitrogens with two attached hydrogens (primary N) is 1. The molecular weight excluding hydrogens is 286 g/mol. The number of methoxy groups -OCH3 is 1. The van der Waals surface area contributed by atoms with E-state index in [4.69, 9.17) is 35.3 Å². The Morgan fingerprint density at radius 1 is 1.05 bits per heavy atom. The first-order valence-electron chi connectivity index (χ1n) is 6.41. The Morgan fingerprint density at radius 2 is 1.57 bits per heavy atom. The van der Waals surface area contributed by atoms with E-state index in [-0.39, 0.29) is 19.4 Å². The molecule has 0 fully saturated rings. The lowest BCUT2D eigenvalue weighted by molar-refractivity contribution is -0.139. The van der Waals surface area contributed by atoms with Crippen molar-refractivity contribution in [1.82, 2.24) is 0 Å². The molecule has 9 nitrogen and oxygen atoms in total. The molecular formula is C12H25NO8. The summed E-state index contributed by atoms with van der Waals surface area (Å²) in [5.41, 5.74) is 5.00. The molecule has 126 valence electrons. The minimum absolute atomic E-state index is 0.0231. The maximum atomic E-state index is 9.99. The van der Waals surface area contributed by atoms with Gasteiger partial charge in [0.25, 0.3) is 0 Å². The summed E-state index contributed by atoms with van der Waals surface area (Å²) in [6.07, 6.45) is -0.224. The summed E-state index contributed by atoms with van der Waals surface area (Å²) in [6.45, 7) is 2.75. The SMILES string of the molecule is COCCOCCOCCO.NC(CCC(=O)O)C(=O)O. The van der Waals surface area contributed by atoms with E-state index < -0.39 is 18.0 Å². The van der Waals surface area contributed by atoms with Crippen LogP contribution in [0.3, 0.4) is 0 Å². The van der Waals surface area contributed by atoms with Crippen LogP contribution in [0, 0.1) is 0 Å². The summed E-state index contributed by atoms with van der Waals surface area (Å²) in [7, 11) is 1.63. The van der Waals surface area contributed by atoms with Crippen molar-refractivity contribution in [2.24, 2.45) is 5.73 Å². The molecule has 1 unspecified atom stereocenters. The molecule has 0 rings (SSSR count). The minimum atomic E-state index is -1.17. The first kappa shape index (κ1) is 22.0. The van der Waals surface area contributed by atoms with Gasteiger partial charge >= 0.3 is 11.9 Å². The summed E-state index contributed by atoms with van der Waals surface area (Å²) in [6, 6.07) is -1.06. The summed E-state index contributed by atoms with van der Waals surface area (Å²) in [5.74, 6) is -2.20. The maximum Gasteiger partial charge on any atom is 0.320 e. The Hall–Kier alpha value is -1.26. The summed E-state index contributed by atoms with van der Waals surface area (Å²) < 4.78 is 14.8. The molecule has 0 aromatic heterocycles. The Labute approximate surface area is 123 Å². The van der Waals surface area contributed by atoms with Crippen LogP contribution < -0.4 is 5.73 Å². The fourth-order valence-electron chi connectivity index (χ4n) is 0.931. The second-order valence-electron chi connectivity index (χ2n) is 3.82. The van der Waals surface area contributed by atoms with Crippen molar-refractivity contribution in [2.75, 3.05) is 46.8 Å².